The Balaban J connectivity index is 2.38. The number of carbonyl (C=O) groups excluding carboxylic acids is 1. The second kappa shape index (κ2) is 8.29. The van der Waals surface area contributed by atoms with Crippen LogP contribution < -0.4 is 5.32 Å². The fraction of sp³-hybridized carbons (Fsp3) is 0.467. The van der Waals surface area contributed by atoms with Gasteiger partial charge in [-0.3, -0.25) is 4.79 Å². The number of unbranched alkanes of at least 4 members (excludes halogenated alkanes) is 1. The van der Waals surface area contributed by atoms with Crippen LogP contribution in [0.2, 0.25) is 0 Å². The van der Waals surface area contributed by atoms with Gasteiger partial charge in [0.2, 0.25) is 5.91 Å². The number of carbonyl (C=O) groups is 2. The molecule has 1 aromatic rings. The van der Waals surface area contributed by atoms with Crippen molar-refractivity contribution in [1.82, 2.24) is 5.32 Å². The molecule has 1 aromatic carbocycles. The van der Waals surface area contributed by atoms with E-state index < -0.39 is 12.0 Å². The lowest BCUT2D eigenvalue weighted by Gasteiger charge is -2.14. The van der Waals surface area contributed by atoms with Gasteiger partial charge < -0.3 is 10.4 Å². The zero-order valence-corrected chi connectivity index (χ0v) is 11.3. The number of aryl methyl sites for hydroxylation is 1. The summed E-state index contributed by atoms with van der Waals surface area (Å²) < 4.78 is 0. The second-order valence-electron chi connectivity index (χ2n) is 4.59. The molecule has 0 unspecified atom stereocenters. The normalized spacial score (nSPS) is 11.8. The largest absolute Gasteiger partial charge is 0.480 e. The number of carboxylic acids is 1. The molecule has 0 saturated carbocycles. The van der Waals surface area contributed by atoms with Crippen LogP contribution in [-0.4, -0.2) is 23.0 Å². The van der Waals surface area contributed by atoms with E-state index in [2.05, 4.69) is 5.32 Å². The Labute approximate surface area is 113 Å². The highest BCUT2D eigenvalue weighted by Crippen LogP contribution is 2.04. The van der Waals surface area contributed by atoms with Gasteiger partial charge in [-0.2, -0.15) is 0 Å². The fourth-order valence-corrected chi connectivity index (χ4v) is 1.83. The highest BCUT2D eigenvalue weighted by molar-refractivity contribution is 5.83. The van der Waals surface area contributed by atoms with E-state index in [0.29, 0.717) is 19.3 Å². The molecule has 1 amide bonds. The fourth-order valence-electron chi connectivity index (χ4n) is 1.83. The first-order valence-electron chi connectivity index (χ1n) is 6.69. The minimum absolute atomic E-state index is 0.202. The molecule has 19 heavy (non-hydrogen) atoms. The summed E-state index contributed by atoms with van der Waals surface area (Å²) in [5.41, 5.74) is 1.08. The highest BCUT2D eigenvalue weighted by Gasteiger charge is 2.18. The number of rotatable bonds is 8. The number of hydrogen-bond acceptors (Lipinski definition) is 2. The van der Waals surface area contributed by atoms with Crippen molar-refractivity contribution in [3.05, 3.63) is 35.9 Å². The Morgan fingerprint density at radius 3 is 2.53 bits per heavy atom. The van der Waals surface area contributed by atoms with Gasteiger partial charge in [-0.1, -0.05) is 50.1 Å². The van der Waals surface area contributed by atoms with Gasteiger partial charge in [0, 0.05) is 6.42 Å². The molecule has 0 spiro atoms. The van der Waals surface area contributed by atoms with Crippen molar-refractivity contribution < 1.29 is 14.7 Å². The smallest absolute Gasteiger partial charge is 0.326 e. The quantitative estimate of drug-likeness (QED) is 0.756. The van der Waals surface area contributed by atoms with Crippen molar-refractivity contribution in [2.45, 2.75) is 45.1 Å². The molecule has 0 heterocycles. The van der Waals surface area contributed by atoms with E-state index >= 15 is 0 Å². The lowest BCUT2D eigenvalue weighted by molar-refractivity contribution is -0.142. The molecule has 0 aliphatic heterocycles. The average molecular weight is 263 g/mol. The van der Waals surface area contributed by atoms with Gasteiger partial charge in [0.15, 0.2) is 0 Å². The molecule has 0 radical (unpaired) electrons. The Hall–Kier alpha value is -1.84. The molecule has 0 saturated heterocycles. The monoisotopic (exact) mass is 263 g/mol. The van der Waals surface area contributed by atoms with Gasteiger partial charge >= 0.3 is 5.97 Å². The predicted molar refractivity (Wildman–Crippen MR) is 73.9 cm³/mol. The summed E-state index contributed by atoms with van der Waals surface area (Å²) in [6.07, 6.45) is 3.16. The topological polar surface area (TPSA) is 66.4 Å². The number of hydrogen-bond donors (Lipinski definition) is 2. The summed E-state index contributed by atoms with van der Waals surface area (Å²) in [6, 6.07) is 8.93. The van der Waals surface area contributed by atoms with Crippen LogP contribution in [0.5, 0.6) is 0 Å². The van der Waals surface area contributed by atoms with Gasteiger partial charge in [0.1, 0.15) is 6.04 Å². The molecule has 1 rings (SSSR count). The van der Waals surface area contributed by atoms with E-state index in [1.165, 1.54) is 0 Å². The molecule has 104 valence electrons. The average Bonchev–Trinajstić information content (AvgIpc) is 2.42. The summed E-state index contributed by atoms with van der Waals surface area (Å²) in [4.78, 5) is 22.7. The maximum absolute atomic E-state index is 11.7. The first kappa shape index (κ1) is 15.2. The standard InChI is InChI=1S/C15H21NO3/c1-2-3-9-13(15(18)19)16-14(17)11-10-12-7-5-4-6-8-12/h4-8,13H,2-3,9-11H2,1H3,(H,16,17)(H,18,19)/t13-/m1/s1. The van der Waals surface area contributed by atoms with E-state index in [9.17, 15) is 9.59 Å². The summed E-state index contributed by atoms with van der Waals surface area (Å²) >= 11 is 0. The number of benzene rings is 1. The van der Waals surface area contributed by atoms with Crippen LogP contribution in [-0.2, 0) is 16.0 Å². The Morgan fingerprint density at radius 1 is 1.26 bits per heavy atom. The maximum atomic E-state index is 11.7. The van der Waals surface area contributed by atoms with Crippen LogP contribution in [0.4, 0.5) is 0 Å². The molecule has 0 aliphatic carbocycles. The summed E-state index contributed by atoms with van der Waals surface area (Å²) in [5, 5.41) is 11.6. The highest BCUT2D eigenvalue weighted by atomic mass is 16.4. The predicted octanol–water partition coefficient (Wildman–Crippen LogP) is 2.38. The van der Waals surface area contributed by atoms with Crippen LogP contribution in [0.3, 0.4) is 0 Å². The van der Waals surface area contributed by atoms with Crippen molar-refractivity contribution >= 4 is 11.9 Å². The molecule has 0 aliphatic rings. The lowest BCUT2D eigenvalue weighted by Crippen LogP contribution is -2.40. The molecule has 2 N–H and O–H groups in total. The van der Waals surface area contributed by atoms with Crippen molar-refractivity contribution in [2.24, 2.45) is 0 Å². The van der Waals surface area contributed by atoms with Crippen molar-refractivity contribution in [3.63, 3.8) is 0 Å². The zero-order chi connectivity index (χ0) is 14.1. The van der Waals surface area contributed by atoms with Crippen molar-refractivity contribution in [1.29, 1.82) is 0 Å². The molecular weight excluding hydrogens is 242 g/mol. The van der Waals surface area contributed by atoms with Gasteiger partial charge in [-0.15, -0.1) is 0 Å². The van der Waals surface area contributed by atoms with Crippen LogP contribution >= 0.6 is 0 Å². The van der Waals surface area contributed by atoms with E-state index in [0.717, 1.165) is 18.4 Å². The van der Waals surface area contributed by atoms with Crippen LogP contribution in [0, 0.1) is 0 Å². The molecular formula is C15H21NO3. The molecule has 0 bridgehead atoms. The van der Waals surface area contributed by atoms with E-state index in [4.69, 9.17) is 5.11 Å². The van der Waals surface area contributed by atoms with Crippen LogP contribution in [0.25, 0.3) is 0 Å². The molecule has 4 nitrogen and oxygen atoms in total. The second-order valence-corrected chi connectivity index (χ2v) is 4.59. The lowest BCUT2D eigenvalue weighted by atomic mass is 10.1. The Kier molecular flexibility index (Phi) is 6.64. The summed E-state index contributed by atoms with van der Waals surface area (Å²) in [6.45, 7) is 2.00. The minimum atomic E-state index is -0.957. The number of carboxylic acid groups (broad SMARTS) is 1. The number of aliphatic carboxylic acids is 1. The minimum Gasteiger partial charge on any atom is -0.480 e. The zero-order valence-electron chi connectivity index (χ0n) is 11.3. The number of amides is 1. The van der Waals surface area contributed by atoms with E-state index in [1.807, 2.05) is 37.3 Å². The van der Waals surface area contributed by atoms with Gasteiger partial charge in [0.05, 0.1) is 0 Å². The first-order valence-corrected chi connectivity index (χ1v) is 6.69. The third kappa shape index (κ3) is 6.04. The van der Waals surface area contributed by atoms with Gasteiger partial charge in [-0.05, 0) is 18.4 Å². The Morgan fingerprint density at radius 2 is 1.95 bits per heavy atom. The number of nitrogens with one attached hydrogen (secondary N) is 1. The van der Waals surface area contributed by atoms with Gasteiger partial charge in [-0.25, -0.2) is 4.79 Å². The van der Waals surface area contributed by atoms with E-state index in [-0.39, 0.29) is 5.91 Å². The van der Waals surface area contributed by atoms with Crippen molar-refractivity contribution in [3.8, 4) is 0 Å². The molecule has 0 fully saturated rings. The Bertz CT molecular complexity index is 403. The molecule has 4 heteroatoms. The summed E-state index contributed by atoms with van der Waals surface area (Å²) in [7, 11) is 0. The van der Waals surface area contributed by atoms with E-state index in [1.54, 1.807) is 0 Å². The van der Waals surface area contributed by atoms with Crippen LogP contribution in [0.1, 0.15) is 38.2 Å². The summed E-state index contributed by atoms with van der Waals surface area (Å²) in [5.74, 6) is -1.16. The van der Waals surface area contributed by atoms with Gasteiger partial charge in [0.25, 0.3) is 0 Å². The first-order chi connectivity index (χ1) is 9.13. The van der Waals surface area contributed by atoms with Crippen LogP contribution in [0.15, 0.2) is 30.3 Å². The third-order valence-corrected chi connectivity index (χ3v) is 2.96. The molecule has 1 atom stereocenters. The SMILES string of the molecule is CCCC[C@@H](NC(=O)CCc1ccccc1)C(=O)O. The third-order valence-electron chi connectivity index (χ3n) is 2.96. The molecule has 0 aromatic heterocycles. The maximum Gasteiger partial charge on any atom is 0.326 e. The van der Waals surface area contributed by atoms with Crippen molar-refractivity contribution in [2.75, 3.05) is 0 Å².